The largest absolute Gasteiger partial charge is 0.293 e. The number of carbonyl (C=O) groups is 1. The van der Waals surface area contributed by atoms with Crippen molar-refractivity contribution >= 4 is 17.5 Å². The molecule has 7 heteroatoms. The Balaban J connectivity index is 1.81. The van der Waals surface area contributed by atoms with Crippen LogP contribution >= 0.6 is 11.8 Å². The lowest BCUT2D eigenvalue weighted by Gasteiger charge is -2.08. The molecule has 0 spiro atoms. The highest BCUT2D eigenvalue weighted by molar-refractivity contribution is 7.99. The number of thioether (sulfide) groups is 1. The first kappa shape index (κ1) is 18.0. The maximum Gasteiger partial charge on any atom is 0.287 e. The van der Waals surface area contributed by atoms with Gasteiger partial charge in [-0.3, -0.25) is 14.2 Å². The van der Waals surface area contributed by atoms with E-state index in [4.69, 9.17) is 0 Å². The van der Waals surface area contributed by atoms with E-state index in [1.54, 1.807) is 19.1 Å². The standard InChI is InChI=1S/C19H14F2N2O2S/c1-12-2-7-15(10-16(12)21)23-9-8-22-18(19(23)25)26-11-17(24)13-3-5-14(20)6-4-13/h2-10H,11H2,1H3. The number of Topliss-reactive ketones (excluding diaryl/α,β-unsaturated/α-hetero) is 1. The Bertz CT molecular complexity index is 1020. The number of hydrogen-bond donors (Lipinski definition) is 0. The first-order valence-electron chi connectivity index (χ1n) is 7.71. The third kappa shape index (κ3) is 3.88. The van der Waals surface area contributed by atoms with Gasteiger partial charge in [-0.2, -0.15) is 0 Å². The minimum absolute atomic E-state index is 0.0137. The van der Waals surface area contributed by atoms with Crippen molar-refractivity contribution in [2.75, 3.05) is 5.75 Å². The van der Waals surface area contributed by atoms with E-state index >= 15 is 0 Å². The summed E-state index contributed by atoms with van der Waals surface area (Å²) in [6, 6.07) is 9.69. The highest BCUT2D eigenvalue weighted by Gasteiger charge is 2.12. The normalized spacial score (nSPS) is 10.7. The molecule has 26 heavy (non-hydrogen) atoms. The highest BCUT2D eigenvalue weighted by atomic mass is 32.2. The van der Waals surface area contributed by atoms with E-state index in [-0.39, 0.29) is 16.6 Å². The predicted molar refractivity (Wildman–Crippen MR) is 96.0 cm³/mol. The number of halogens is 2. The molecule has 3 aromatic rings. The van der Waals surface area contributed by atoms with Crippen LogP contribution in [0.2, 0.25) is 0 Å². The molecule has 4 nitrogen and oxygen atoms in total. The smallest absolute Gasteiger partial charge is 0.287 e. The summed E-state index contributed by atoms with van der Waals surface area (Å²) in [5, 5.41) is 0.129. The molecule has 0 aliphatic heterocycles. The molecule has 0 N–H and O–H groups in total. The summed E-state index contributed by atoms with van der Waals surface area (Å²) in [6.45, 7) is 1.64. The molecule has 0 aliphatic carbocycles. The number of rotatable bonds is 5. The van der Waals surface area contributed by atoms with Crippen LogP contribution in [-0.4, -0.2) is 21.1 Å². The van der Waals surface area contributed by atoms with Crippen molar-refractivity contribution in [2.24, 2.45) is 0 Å². The molecule has 0 saturated carbocycles. The third-order valence-electron chi connectivity index (χ3n) is 3.75. The van der Waals surface area contributed by atoms with Gasteiger partial charge in [-0.1, -0.05) is 17.8 Å². The maximum atomic E-state index is 13.8. The summed E-state index contributed by atoms with van der Waals surface area (Å²) < 4.78 is 28.0. The van der Waals surface area contributed by atoms with Crippen LogP contribution in [0.5, 0.6) is 0 Å². The van der Waals surface area contributed by atoms with Gasteiger partial charge in [0.2, 0.25) is 0 Å². The summed E-state index contributed by atoms with van der Waals surface area (Å²) in [7, 11) is 0. The van der Waals surface area contributed by atoms with Gasteiger partial charge < -0.3 is 0 Å². The second kappa shape index (κ2) is 7.61. The fraction of sp³-hybridized carbons (Fsp3) is 0.105. The second-order valence-corrected chi connectivity index (χ2v) is 6.52. The van der Waals surface area contributed by atoms with Crippen LogP contribution in [0, 0.1) is 18.6 Å². The van der Waals surface area contributed by atoms with Crippen molar-refractivity contribution in [3.8, 4) is 5.69 Å². The number of aryl methyl sites for hydroxylation is 1. The summed E-state index contributed by atoms with van der Waals surface area (Å²) in [4.78, 5) is 28.7. The second-order valence-electron chi connectivity index (χ2n) is 5.56. The Kier molecular flexibility index (Phi) is 5.27. The van der Waals surface area contributed by atoms with Crippen molar-refractivity contribution < 1.29 is 13.6 Å². The first-order valence-corrected chi connectivity index (χ1v) is 8.70. The number of hydrogen-bond acceptors (Lipinski definition) is 4. The van der Waals surface area contributed by atoms with Crippen molar-refractivity contribution in [2.45, 2.75) is 11.9 Å². The van der Waals surface area contributed by atoms with E-state index in [9.17, 15) is 18.4 Å². The molecule has 0 amide bonds. The Morgan fingerprint density at radius 3 is 2.58 bits per heavy atom. The van der Waals surface area contributed by atoms with E-state index in [0.717, 1.165) is 11.8 Å². The minimum atomic E-state index is -0.437. The zero-order valence-corrected chi connectivity index (χ0v) is 14.6. The molecule has 1 heterocycles. The SMILES string of the molecule is Cc1ccc(-n2ccnc(SCC(=O)c3ccc(F)cc3)c2=O)cc1F. The van der Waals surface area contributed by atoms with Crippen molar-refractivity contribution in [1.82, 2.24) is 9.55 Å². The number of carbonyl (C=O) groups excluding carboxylic acids is 1. The average Bonchev–Trinajstić information content (AvgIpc) is 2.63. The molecule has 3 rings (SSSR count). The average molecular weight is 372 g/mol. The zero-order chi connectivity index (χ0) is 18.7. The predicted octanol–water partition coefficient (Wildman–Crippen LogP) is 3.79. The molecule has 0 atom stereocenters. The highest BCUT2D eigenvalue weighted by Crippen LogP contribution is 2.16. The van der Waals surface area contributed by atoms with Gasteiger partial charge in [-0.25, -0.2) is 13.8 Å². The summed E-state index contributed by atoms with van der Waals surface area (Å²) >= 11 is 0.989. The molecule has 1 aromatic heterocycles. The summed E-state index contributed by atoms with van der Waals surface area (Å²) in [5.41, 5.74) is 0.783. The van der Waals surface area contributed by atoms with Gasteiger partial charge in [0.1, 0.15) is 11.6 Å². The first-order chi connectivity index (χ1) is 12.5. The van der Waals surface area contributed by atoms with E-state index in [1.807, 2.05) is 0 Å². The summed E-state index contributed by atoms with van der Waals surface area (Å²) in [5.74, 6) is -1.09. The van der Waals surface area contributed by atoms with E-state index in [1.165, 1.54) is 47.3 Å². The fourth-order valence-corrected chi connectivity index (χ4v) is 3.07. The lowest BCUT2D eigenvalue weighted by Crippen LogP contribution is -2.21. The van der Waals surface area contributed by atoms with E-state index < -0.39 is 17.2 Å². The third-order valence-corrected chi connectivity index (χ3v) is 4.71. The Morgan fingerprint density at radius 1 is 1.15 bits per heavy atom. The van der Waals surface area contributed by atoms with Crippen LogP contribution in [0.25, 0.3) is 5.69 Å². The van der Waals surface area contributed by atoms with Gasteiger partial charge in [-0.15, -0.1) is 0 Å². The van der Waals surface area contributed by atoms with Crippen LogP contribution in [-0.2, 0) is 0 Å². The number of benzene rings is 2. The molecule has 0 unspecified atom stereocenters. The topological polar surface area (TPSA) is 52.0 Å². The summed E-state index contributed by atoms with van der Waals surface area (Å²) in [6.07, 6.45) is 2.86. The monoisotopic (exact) mass is 372 g/mol. The van der Waals surface area contributed by atoms with Crippen LogP contribution in [0.4, 0.5) is 8.78 Å². The molecule has 0 fully saturated rings. The van der Waals surface area contributed by atoms with Gasteiger partial charge >= 0.3 is 0 Å². The van der Waals surface area contributed by atoms with Crippen molar-refractivity contribution in [3.63, 3.8) is 0 Å². The molecule has 0 radical (unpaired) electrons. The van der Waals surface area contributed by atoms with Gasteiger partial charge in [0.15, 0.2) is 10.8 Å². The Morgan fingerprint density at radius 2 is 1.88 bits per heavy atom. The number of nitrogens with zero attached hydrogens (tertiary/aromatic N) is 2. The van der Waals surface area contributed by atoms with E-state index in [2.05, 4.69) is 4.98 Å². The van der Waals surface area contributed by atoms with Gasteiger partial charge in [-0.05, 0) is 48.9 Å². The molecule has 2 aromatic carbocycles. The van der Waals surface area contributed by atoms with Crippen molar-refractivity contribution in [1.29, 1.82) is 0 Å². The van der Waals surface area contributed by atoms with Gasteiger partial charge in [0.25, 0.3) is 5.56 Å². The molecular weight excluding hydrogens is 358 g/mol. The fourth-order valence-electron chi connectivity index (χ4n) is 2.28. The molecular formula is C19H14F2N2O2S. The number of ketones is 1. The van der Waals surface area contributed by atoms with E-state index in [0.29, 0.717) is 16.8 Å². The van der Waals surface area contributed by atoms with Gasteiger partial charge in [0, 0.05) is 18.0 Å². The molecule has 132 valence electrons. The Hall–Kier alpha value is -2.80. The van der Waals surface area contributed by atoms with Crippen LogP contribution in [0.3, 0.4) is 0 Å². The van der Waals surface area contributed by atoms with Gasteiger partial charge in [0.05, 0.1) is 11.4 Å². The number of aromatic nitrogens is 2. The molecule has 0 bridgehead atoms. The quantitative estimate of drug-likeness (QED) is 0.505. The Labute approximate surface area is 152 Å². The molecule has 0 saturated heterocycles. The lowest BCUT2D eigenvalue weighted by atomic mass is 10.1. The van der Waals surface area contributed by atoms with Crippen LogP contribution in [0.1, 0.15) is 15.9 Å². The zero-order valence-electron chi connectivity index (χ0n) is 13.8. The minimum Gasteiger partial charge on any atom is -0.293 e. The lowest BCUT2D eigenvalue weighted by molar-refractivity contribution is 0.102. The molecule has 0 aliphatic rings. The van der Waals surface area contributed by atoms with Crippen LogP contribution in [0.15, 0.2) is 64.7 Å². The van der Waals surface area contributed by atoms with Crippen molar-refractivity contribution in [3.05, 3.63) is 88.0 Å². The maximum absolute atomic E-state index is 13.8. The van der Waals surface area contributed by atoms with Crippen LogP contribution < -0.4 is 5.56 Å².